The van der Waals surface area contributed by atoms with Crippen LogP contribution < -0.4 is 10.1 Å². The van der Waals surface area contributed by atoms with Gasteiger partial charge in [-0.3, -0.25) is 0 Å². The first kappa shape index (κ1) is 12.4. The predicted octanol–water partition coefficient (Wildman–Crippen LogP) is 3.00. The van der Waals surface area contributed by atoms with Crippen LogP contribution >= 0.6 is 11.8 Å². The molecule has 0 bridgehead atoms. The van der Waals surface area contributed by atoms with E-state index in [1.54, 1.807) is 0 Å². The highest BCUT2D eigenvalue weighted by Gasteiger charge is 2.17. The minimum atomic E-state index is 0.700. The quantitative estimate of drug-likeness (QED) is 0.906. The maximum atomic E-state index is 6.08. The molecule has 1 aromatic rings. The predicted molar refractivity (Wildman–Crippen MR) is 77.4 cm³/mol. The van der Waals surface area contributed by atoms with Gasteiger partial charge in [-0.15, -0.1) is 0 Å². The Morgan fingerprint density at radius 1 is 1.33 bits per heavy atom. The molecule has 0 radical (unpaired) electrons. The standard InChI is InChI=1S/C15H21NOS/c1-2-9-18-13(5-1)11-17-15-6-3-4-12-7-8-16-10-14(12)15/h3-4,6,13,16H,1-2,5,7-11H2. The van der Waals surface area contributed by atoms with Crippen LogP contribution in [0.15, 0.2) is 18.2 Å². The Morgan fingerprint density at radius 3 is 3.22 bits per heavy atom. The summed E-state index contributed by atoms with van der Waals surface area (Å²) in [6.07, 6.45) is 5.20. The average molecular weight is 263 g/mol. The van der Waals surface area contributed by atoms with Gasteiger partial charge in [0.25, 0.3) is 0 Å². The maximum absolute atomic E-state index is 6.08. The van der Waals surface area contributed by atoms with Crippen molar-refractivity contribution in [3.05, 3.63) is 29.3 Å². The van der Waals surface area contributed by atoms with E-state index in [0.717, 1.165) is 31.9 Å². The highest BCUT2D eigenvalue weighted by Crippen LogP contribution is 2.28. The first-order valence-corrected chi connectivity index (χ1v) is 8.04. The maximum Gasteiger partial charge on any atom is 0.124 e. The summed E-state index contributed by atoms with van der Waals surface area (Å²) < 4.78 is 6.08. The molecule has 2 aliphatic rings. The highest BCUT2D eigenvalue weighted by molar-refractivity contribution is 7.99. The normalized spacial score (nSPS) is 23.4. The van der Waals surface area contributed by atoms with Crippen LogP contribution in [0.2, 0.25) is 0 Å². The van der Waals surface area contributed by atoms with E-state index < -0.39 is 0 Å². The molecule has 0 amide bonds. The number of ether oxygens (including phenoxy) is 1. The van der Waals surface area contributed by atoms with Gasteiger partial charge in [-0.2, -0.15) is 11.8 Å². The molecule has 18 heavy (non-hydrogen) atoms. The Bertz CT molecular complexity index is 401. The number of hydrogen-bond acceptors (Lipinski definition) is 3. The third kappa shape index (κ3) is 2.83. The van der Waals surface area contributed by atoms with Crippen LogP contribution in [0.5, 0.6) is 5.75 Å². The van der Waals surface area contributed by atoms with Crippen LogP contribution in [0.3, 0.4) is 0 Å². The van der Waals surface area contributed by atoms with E-state index in [1.807, 2.05) is 0 Å². The first-order valence-electron chi connectivity index (χ1n) is 6.99. The molecule has 2 heterocycles. The van der Waals surface area contributed by atoms with Crippen LogP contribution in [0, 0.1) is 0 Å². The van der Waals surface area contributed by atoms with E-state index in [2.05, 4.69) is 35.3 Å². The molecule has 2 aliphatic heterocycles. The lowest BCUT2D eigenvalue weighted by atomic mass is 10.0. The summed E-state index contributed by atoms with van der Waals surface area (Å²) in [6, 6.07) is 6.49. The van der Waals surface area contributed by atoms with Gasteiger partial charge in [-0.25, -0.2) is 0 Å². The Labute approximate surface area is 113 Å². The highest BCUT2D eigenvalue weighted by atomic mass is 32.2. The van der Waals surface area contributed by atoms with Crippen molar-refractivity contribution < 1.29 is 4.74 Å². The summed E-state index contributed by atoms with van der Waals surface area (Å²) in [6.45, 7) is 2.93. The van der Waals surface area contributed by atoms with Crippen molar-refractivity contribution in [3.8, 4) is 5.75 Å². The molecule has 98 valence electrons. The summed E-state index contributed by atoms with van der Waals surface area (Å²) in [7, 11) is 0. The zero-order valence-electron chi connectivity index (χ0n) is 10.8. The fraction of sp³-hybridized carbons (Fsp3) is 0.600. The van der Waals surface area contributed by atoms with E-state index in [1.165, 1.54) is 36.1 Å². The molecule has 0 saturated carbocycles. The van der Waals surface area contributed by atoms with Crippen LogP contribution in [0.25, 0.3) is 0 Å². The van der Waals surface area contributed by atoms with Gasteiger partial charge in [0.05, 0.1) is 0 Å². The van der Waals surface area contributed by atoms with Gasteiger partial charge in [0.2, 0.25) is 0 Å². The molecule has 1 atom stereocenters. The van der Waals surface area contributed by atoms with Gasteiger partial charge in [0, 0.05) is 17.4 Å². The topological polar surface area (TPSA) is 21.3 Å². The molecule has 1 saturated heterocycles. The SMILES string of the molecule is c1cc2c(c(OCC3CCCCS3)c1)CNCC2. The van der Waals surface area contributed by atoms with Gasteiger partial charge in [0.15, 0.2) is 0 Å². The third-order valence-corrected chi connectivity index (χ3v) is 5.17. The van der Waals surface area contributed by atoms with Gasteiger partial charge >= 0.3 is 0 Å². The number of benzene rings is 1. The molecule has 2 nitrogen and oxygen atoms in total. The fourth-order valence-corrected chi connectivity index (χ4v) is 3.94. The lowest BCUT2D eigenvalue weighted by Gasteiger charge is -2.24. The lowest BCUT2D eigenvalue weighted by molar-refractivity contribution is 0.304. The summed E-state index contributed by atoms with van der Waals surface area (Å²) in [5, 5.41) is 4.13. The summed E-state index contributed by atoms with van der Waals surface area (Å²) >= 11 is 2.08. The Kier molecular flexibility index (Phi) is 4.11. The Balaban J connectivity index is 1.65. The number of fused-ring (bicyclic) bond motifs is 1. The van der Waals surface area contributed by atoms with Crippen LogP contribution in [0.4, 0.5) is 0 Å². The zero-order chi connectivity index (χ0) is 12.2. The van der Waals surface area contributed by atoms with Gasteiger partial charge in [-0.1, -0.05) is 18.6 Å². The zero-order valence-corrected chi connectivity index (χ0v) is 11.6. The fourth-order valence-electron chi connectivity index (χ4n) is 2.74. The summed E-state index contributed by atoms with van der Waals surface area (Å²) in [5.41, 5.74) is 2.84. The number of rotatable bonds is 3. The Morgan fingerprint density at radius 2 is 2.33 bits per heavy atom. The molecule has 0 aromatic heterocycles. The van der Waals surface area contributed by atoms with Crippen molar-refractivity contribution in [1.82, 2.24) is 5.32 Å². The van der Waals surface area contributed by atoms with E-state index in [9.17, 15) is 0 Å². The van der Waals surface area contributed by atoms with Crippen molar-refractivity contribution >= 4 is 11.8 Å². The molecule has 3 heteroatoms. The minimum Gasteiger partial charge on any atom is -0.492 e. The molecule has 1 unspecified atom stereocenters. The second-order valence-electron chi connectivity index (χ2n) is 5.12. The molecular weight excluding hydrogens is 242 g/mol. The van der Waals surface area contributed by atoms with Crippen molar-refractivity contribution in [2.75, 3.05) is 18.9 Å². The monoisotopic (exact) mass is 263 g/mol. The van der Waals surface area contributed by atoms with E-state index in [0.29, 0.717) is 5.25 Å². The van der Waals surface area contributed by atoms with Crippen molar-refractivity contribution in [2.24, 2.45) is 0 Å². The summed E-state index contributed by atoms with van der Waals surface area (Å²) in [5.74, 6) is 2.41. The van der Waals surface area contributed by atoms with Gasteiger partial charge in [-0.05, 0) is 43.2 Å². The molecule has 0 aliphatic carbocycles. The molecular formula is C15H21NOS. The minimum absolute atomic E-state index is 0.700. The van der Waals surface area contributed by atoms with E-state index in [-0.39, 0.29) is 0 Å². The molecule has 0 spiro atoms. The second kappa shape index (κ2) is 5.98. The molecule has 1 fully saturated rings. The van der Waals surface area contributed by atoms with Crippen molar-refractivity contribution in [1.29, 1.82) is 0 Å². The van der Waals surface area contributed by atoms with Crippen molar-refractivity contribution in [3.63, 3.8) is 0 Å². The number of hydrogen-bond donors (Lipinski definition) is 1. The molecule has 1 N–H and O–H groups in total. The van der Waals surface area contributed by atoms with Gasteiger partial charge in [0.1, 0.15) is 12.4 Å². The van der Waals surface area contributed by atoms with Crippen LogP contribution in [-0.2, 0) is 13.0 Å². The lowest BCUT2D eigenvalue weighted by Crippen LogP contribution is -2.25. The van der Waals surface area contributed by atoms with Crippen LogP contribution in [0.1, 0.15) is 30.4 Å². The van der Waals surface area contributed by atoms with E-state index in [4.69, 9.17) is 4.74 Å². The smallest absolute Gasteiger partial charge is 0.124 e. The Hall–Kier alpha value is -0.670. The number of nitrogens with one attached hydrogen (secondary N) is 1. The van der Waals surface area contributed by atoms with E-state index >= 15 is 0 Å². The van der Waals surface area contributed by atoms with Crippen LogP contribution in [-0.4, -0.2) is 24.2 Å². The first-order chi connectivity index (χ1) is 8.93. The average Bonchev–Trinajstić information content (AvgIpc) is 2.46. The van der Waals surface area contributed by atoms with Gasteiger partial charge < -0.3 is 10.1 Å². The van der Waals surface area contributed by atoms with Crippen molar-refractivity contribution in [2.45, 2.75) is 37.5 Å². The molecule has 3 rings (SSSR count). The largest absolute Gasteiger partial charge is 0.492 e. The molecule has 1 aromatic carbocycles. The second-order valence-corrected chi connectivity index (χ2v) is 6.53. The summed E-state index contributed by atoms with van der Waals surface area (Å²) in [4.78, 5) is 0. The number of thioether (sulfide) groups is 1. The third-order valence-electron chi connectivity index (χ3n) is 3.80.